The zero-order valence-corrected chi connectivity index (χ0v) is 17.1. The molecule has 1 aliphatic rings. The monoisotopic (exact) mass is 417 g/mol. The zero-order chi connectivity index (χ0) is 21.0. The van der Waals surface area contributed by atoms with Gasteiger partial charge in [-0.3, -0.25) is 4.98 Å². The summed E-state index contributed by atoms with van der Waals surface area (Å²) in [6.07, 6.45) is 7.29. The number of likely N-dealkylation sites (N-methyl/N-ethyl adjacent to an activating group) is 1. The van der Waals surface area contributed by atoms with Crippen molar-refractivity contribution in [3.05, 3.63) is 52.2 Å². The molecule has 3 rings (SSSR count). The van der Waals surface area contributed by atoms with E-state index in [0.29, 0.717) is 17.2 Å². The first-order valence-corrected chi connectivity index (χ1v) is 9.79. The summed E-state index contributed by atoms with van der Waals surface area (Å²) in [5.41, 5.74) is 0.212. The Hall–Kier alpha value is -2.88. The highest BCUT2D eigenvalue weighted by Crippen LogP contribution is 2.42. The van der Waals surface area contributed by atoms with Crippen molar-refractivity contribution in [2.24, 2.45) is 0 Å². The predicted octanol–water partition coefficient (Wildman–Crippen LogP) is 2.47. The number of pyridine rings is 1. The highest BCUT2D eigenvalue weighted by atomic mass is 32.1. The number of aryl methyl sites for hydroxylation is 1. The minimum atomic E-state index is -0.678. The summed E-state index contributed by atoms with van der Waals surface area (Å²) in [4.78, 5) is 32.1. The van der Waals surface area contributed by atoms with Gasteiger partial charge in [-0.05, 0) is 35.8 Å². The van der Waals surface area contributed by atoms with Crippen LogP contribution in [0.3, 0.4) is 0 Å². The van der Waals surface area contributed by atoms with Crippen LogP contribution in [0.4, 0.5) is 5.82 Å². The van der Waals surface area contributed by atoms with E-state index in [1.54, 1.807) is 26.4 Å². The fraction of sp³-hybridized carbons (Fsp3) is 0.474. The van der Waals surface area contributed by atoms with Gasteiger partial charge in [-0.2, -0.15) is 4.57 Å². The number of hydrogen-bond acceptors (Lipinski definition) is 7. The molecule has 154 valence electrons. The van der Waals surface area contributed by atoms with E-state index in [1.165, 1.54) is 4.57 Å². The first kappa shape index (κ1) is 20.8. The molecule has 2 atom stereocenters. The topological polar surface area (TPSA) is 112 Å². The molecule has 2 aromatic heterocycles. The van der Waals surface area contributed by atoms with Crippen LogP contribution in [0.1, 0.15) is 37.1 Å². The Morgan fingerprint density at radius 3 is 2.93 bits per heavy atom. The Bertz CT molecular complexity index is 917. The Balaban J connectivity index is 1.89. The normalized spacial score (nSPS) is 21.4. The molecule has 1 N–H and O–H groups in total. The van der Waals surface area contributed by atoms with Crippen LogP contribution in [0, 0.1) is 17.0 Å². The van der Waals surface area contributed by atoms with E-state index >= 15 is 0 Å². The van der Waals surface area contributed by atoms with Crippen molar-refractivity contribution in [3.63, 3.8) is 0 Å². The predicted molar refractivity (Wildman–Crippen MR) is 110 cm³/mol. The molecule has 0 saturated heterocycles. The van der Waals surface area contributed by atoms with Crippen molar-refractivity contribution in [1.29, 1.82) is 0 Å². The van der Waals surface area contributed by atoms with Crippen LogP contribution in [-0.2, 0) is 21.5 Å². The number of carbonyl (C=O) groups is 1. The third-order valence-electron chi connectivity index (χ3n) is 5.43. The lowest BCUT2D eigenvalue weighted by atomic mass is 9.67. The van der Waals surface area contributed by atoms with E-state index in [9.17, 15) is 14.9 Å². The van der Waals surface area contributed by atoms with Gasteiger partial charge in [-0.25, -0.2) is 9.78 Å². The summed E-state index contributed by atoms with van der Waals surface area (Å²) in [6, 6.07) is 3.77. The fourth-order valence-corrected chi connectivity index (χ4v) is 4.35. The van der Waals surface area contributed by atoms with Gasteiger partial charge in [0.25, 0.3) is 0 Å². The van der Waals surface area contributed by atoms with E-state index in [0.717, 1.165) is 31.0 Å². The van der Waals surface area contributed by atoms with E-state index in [2.05, 4.69) is 15.3 Å². The maximum absolute atomic E-state index is 12.8. The molecule has 2 aromatic rings. The average molecular weight is 417 g/mol. The third-order valence-corrected chi connectivity index (χ3v) is 6.00. The van der Waals surface area contributed by atoms with Gasteiger partial charge in [0.1, 0.15) is 12.3 Å². The summed E-state index contributed by atoms with van der Waals surface area (Å²) >= 11 is 5.66. The van der Waals surface area contributed by atoms with E-state index in [-0.39, 0.29) is 12.4 Å². The molecule has 9 nitrogen and oxygen atoms in total. The van der Waals surface area contributed by atoms with Gasteiger partial charge in [0.05, 0.1) is 10.4 Å². The van der Waals surface area contributed by atoms with Gasteiger partial charge >= 0.3 is 11.8 Å². The Labute approximate surface area is 173 Å². The number of nitro groups is 1. The number of rotatable bonds is 6. The summed E-state index contributed by atoms with van der Waals surface area (Å²) in [5, 5.41) is 14.2. The maximum atomic E-state index is 12.8. The summed E-state index contributed by atoms with van der Waals surface area (Å²) in [7, 11) is 1.76. The van der Waals surface area contributed by atoms with E-state index < -0.39 is 22.4 Å². The van der Waals surface area contributed by atoms with Gasteiger partial charge in [0.15, 0.2) is 12.4 Å². The lowest BCUT2D eigenvalue weighted by molar-refractivity contribution is -0.392. The molecule has 0 unspecified atom stereocenters. The molecule has 1 aliphatic carbocycles. The van der Waals surface area contributed by atoms with Crippen LogP contribution < -0.4 is 5.32 Å². The number of aromatic nitrogens is 3. The van der Waals surface area contributed by atoms with E-state index in [1.807, 2.05) is 12.1 Å². The van der Waals surface area contributed by atoms with Gasteiger partial charge < -0.3 is 20.2 Å². The lowest BCUT2D eigenvalue weighted by Crippen LogP contribution is -2.54. The molecular formula is C19H23N5O4S. The van der Waals surface area contributed by atoms with Gasteiger partial charge in [-0.1, -0.05) is 24.7 Å². The van der Waals surface area contributed by atoms with Crippen molar-refractivity contribution in [2.75, 3.05) is 7.05 Å². The Morgan fingerprint density at radius 1 is 1.48 bits per heavy atom. The number of hydrogen-bond donors (Lipinski definition) is 1. The number of carbonyl (C=O) groups excluding carboxylic acids is 1. The second-order valence-electron chi connectivity index (χ2n) is 7.02. The van der Waals surface area contributed by atoms with Crippen molar-refractivity contribution < 1.29 is 14.5 Å². The molecule has 0 amide bonds. The van der Waals surface area contributed by atoms with Gasteiger partial charge in [0, 0.05) is 26.4 Å². The number of ether oxygens (including phenoxy) is 1. The smallest absolute Gasteiger partial charge is 0.348 e. The number of nitrogens with zero attached hydrogens (tertiary/aromatic N) is 4. The Kier molecular flexibility index (Phi) is 6.21. The maximum Gasteiger partial charge on any atom is 0.348 e. The zero-order valence-electron chi connectivity index (χ0n) is 16.3. The molecule has 2 heterocycles. The minimum Gasteiger partial charge on any atom is -0.458 e. The summed E-state index contributed by atoms with van der Waals surface area (Å²) < 4.78 is 7.13. The molecule has 1 saturated carbocycles. The molecule has 10 heteroatoms. The molecule has 29 heavy (non-hydrogen) atoms. The quantitative estimate of drug-likeness (QED) is 0.330. The molecule has 0 bridgehead atoms. The largest absolute Gasteiger partial charge is 0.458 e. The SMILES string of the molecule is CNC(=S)[C@]1(c2cccnc2)CCCC[C@H]1OC(=O)Cn1c([N+](=O)[O-])cnc1C. The molecule has 1 fully saturated rings. The molecule has 0 spiro atoms. The van der Waals surface area contributed by atoms with Crippen LogP contribution in [0.15, 0.2) is 30.7 Å². The standard InChI is InChI=1S/C19H23N5O4S/c1-13-22-11-16(24(26)27)23(13)12-17(25)28-15-7-3-4-8-19(15,18(29)20-2)14-6-5-9-21-10-14/h5-6,9-11,15H,3-4,7-8,12H2,1-2H3,(H,20,29)/t15-,19+/m1/s1. The average Bonchev–Trinajstić information content (AvgIpc) is 3.09. The Morgan fingerprint density at radius 2 is 2.28 bits per heavy atom. The van der Waals surface area contributed by atoms with Crippen LogP contribution in [0.2, 0.25) is 0 Å². The highest BCUT2D eigenvalue weighted by Gasteiger charge is 2.48. The third kappa shape index (κ3) is 3.98. The van der Waals surface area contributed by atoms with Crippen molar-refractivity contribution in [2.45, 2.75) is 50.7 Å². The van der Waals surface area contributed by atoms with Crippen LogP contribution >= 0.6 is 12.2 Å². The highest BCUT2D eigenvalue weighted by molar-refractivity contribution is 7.80. The first-order valence-electron chi connectivity index (χ1n) is 9.39. The van der Waals surface area contributed by atoms with Gasteiger partial charge in [-0.15, -0.1) is 0 Å². The molecule has 0 aromatic carbocycles. The second kappa shape index (κ2) is 8.64. The van der Waals surface area contributed by atoms with Crippen molar-refractivity contribution >= 4 is 29.0 Å². The van der Waals surface area contributed by atoms with Gasteiger partial charge in [0.2, 0.25) is 0 Å². The van der Waals surface area contributed by atoms with E-state index in [4.69, 9.17) is 17.0 Å². The number of thiocarbonyl (C=S) groups is 1. The first-order chi connectivity index (χ1) is 13.9. The fourth-order valence-electron chi connectivity index (χ4n) is 3.99. The van der Waals surface area contributed by atoms with Crippen LogP contribution in [0.5, 0.6) is 0 Å². The summed E-state index contributed by atoms with van der Waals surface area (Å²) in [5.74, 6) is -0.429. The summed E-state index contributed by atoms with van der Waals surface area (Å²) in [6.45, 7) is 1.32. The number of imidazole rings is 1. The molecule has 0 aliphatic heterocycles. The second-order valence-corrected chi connectivity index (χ2v) is 7.43. The van der Waals surface area contributed by atoms with Crippen molar-refractivity contribution in [3.8, 4) is 0 Å². The van der Waals surface area contributed by atoms with Crippen LogP contribution in [-0.4, -0.2) is 43.6 Å². The van der Waals surface area contributed by atoms with Crippen molar-refractivity contribution in [1.82, 2.24) is 19.9 Å². The minimum absolute atomic E-state index is 0.243. The number of nitrogens with one attached hydrogen (secondary N) is 1. The molecule has 0 radical (unpaired) electrons. The lowest BCUT2D eigenvalue weighted by Gasteiger charge is -2.43. The number of esters is 1. The van der Waals surface area contributed by atoms with Crippen LogP contribution in [0.25, 0.3) is 0 Å². The molecular weight excluding hydrogens is 394 g/mol.